The van der Waals surface area contributed by atoms with Crippen molar-refractivity contribution in [1.29, 1.82) is 0 Å². The van der Waals surface area contributed by atoms with E-state index in [0.717, 1.165) is 19.3 Å². The summed E-state index contributed by atoms with van der Waals surface area (Å²) < 4.78 is 0. The largest absolute Gasteiger partial charge is 0.339 e. The second-order valence-corrected chi connectivity index (χ2v) is 6.49. The van der Waals surface area contributed by atoms with E-state index in [4.69, 9.17) is 11.6 Å². The summed E-state index contributed by atoms with van der Waals surface area (Å²) in [6.45, 7) is 2.35. The number of amides is 2. The predicted octanol–water partition coefficient (Wildman–Crippen LogP) is 2.98. The van der Waals surface area contributed by atoms with Crippen LogP contribution in [-0.2, 0) is 4.79 Å². The Labute approximate surface area is 141 Å². The number of piperazine rings is 1. The summed E-state index contributed by atoms with van der Waals surface area (Å²) in [5.41, 5.74) is 0.534. The number of carbonyl (C=O) groups is 2. The maximum Gasteiger partial charge on any atom is 0.255 e. The lowest BCUT2D eigenvalue weighted by molar-refractivity contribution is -0.137. The van der Waals surface area contributed by atoms with Crippen LogP contribution in [0.3, 0.4) is 0 Å². The van der Waals surface area contributed by atoms with Gasteiger partial charge in [-0.25, -0.2) is 0 Å². The molecule has 0 radical (unpaired) electrons. The minimum Gasteiger partial charge on any atom is -0.339 e. The van der Waals surface area contributed by atoms with E-state index >= 15 is 0 Å². The van der Waals surface area contributed by atoms with Gasteiger partial charge in [-0.2, -0.15) is 0 Å². The van der Waals surface area contributed by atoms with Crippen LogP contribution in [0.5, 0.6) is 0 Å². The van der Waals surface area contributed by atoms with Gasteiger partial charge in [0.2, 0.25) is 5.91 Å². The molecular formula is C18H21ClN2O2. The first-order chi connectivity index (χ1) is 11.2. The lowest BCUT2D eigenvalue weighted by Gasteiger charge is -2.36. The highest BCUT2D eigenvalue weighted by atomic mass is 35.5. The third kappa shape index (κ3) is 3.58. The summed E-state index contributed by atoms with van der Waals surface area (Å²) in [5.74, 6) is 0.299. The van der Waals surface area contributed by atoms with Gasteiger partial charge in [-0.05, 0) is 31.4 Å². The van der Waals surface area contributed by atoms with Crippen molar-refractivity contribution in [3.05, 3.63) is 47.0 Å². The fourth-order valence-electron chi connectivity index (χ4n) is 3.21. The third-order valence-corrected chi connectivity index (χ3v) is 4.93. The summed E-state index contributed by atoms with van der Waals surface area (Å²) in [4.78, 5) is 28.7. The average Bonchev–Trinajstić information content (AvgIpc) is 2.62. The Morgan fingerprint density at radius 2 is 1.70 bits per heavy atom. The van der Waals surface area contributed by atoms with E-state index in [9.17, 15) is 9.59 Å². The SMILES string of the molecule is O=C(c1ccccc1Cl)N1CCN(C(=O)[C@H]2CC=CCC2)CC1. The number of nitrogens with zero attached hydrogens (tertiary/aromatic N) is 2. The Bertz CT molecular complexity index is 621. The number of hydrogen-bond acceptors (Lipinski definition) is 2. The van der Waals surface area contributed by atoms with Gasteiger partial charge in [0.05, 0.1) is 10.6 Å². The second kappa shape index (κ2) is 7.18. The molecule has 0 bridgehead atoms. The Balaban J connectivity index is 1.58. The first-order valence-corrected chi connectivity index (χ1v) is 8.52. The molecule has 0 saturated carbocycles. The van der Waals surface area contributed by atoms with Crippen LogP contribution in [0.25, 0.3) is 0 Å². The maximum atomic E-state index is 12.5. The van der Waals surface area contributed by atoms with E-state index in [1.165, 1.54) is 0 Å². The molecule has 122 valence electrons. The fourth-order valence-corrected chi connectivity index (χ4v) is 3.43. The molecule has 23 heavy (non-hydrogen) atoms. The monoisotopic (exact) mass is 332 g/mol. The number of hydrogen-bond donors (Lipinski definition) is 0. The summed E-state index contributed by atoms with van der Waals surface area (Å²) in [6.07, 6.45) is 7.01. The van der Waals surface area contributed by atoms with Gasteiger partial charge >= 0.3 is 0 Å². The van der Waals surface area contributed by atoms with E-state index in [1.807, 2.05) is 17.0 Å². The van der Waals surface area contributed by atoms with E-state index in [0.29, 0.717) is 36.8 Å². The zero-order chi connectivity index (χ0) is 16.2. The first-order valence-electron chi connectivity index (χ1n) is 8.14. The van der Waals surface area contributed by atoms with Crippen molar-refractivity contribution >= 4 is 23.4 Å². The standard InChI is InChI=1S/C18H21ClN2O2/c19-16-9-5-4-8-15(16)18(23)21-12-10-20(11-13-21)17(22)14-6-2-1-3-7-14/h1-2,4-5,8-9,14H,3,6-7,10-13H2/t14-/m0/s1. The molecule has 1 heterocycles. The Morgan fingerprint density at radius 3 is 2.35 bits per heavy atom. The molecule has 0 unspecified atom stereocenters. The zero-order valence-electron chi connectivity index (χ0n) is 13.1. The summed E-state index contributed by atoms with van der Waals surface area (Å²) in [6, 6.07) is 7.10. The molecule has 1 atom stereocenters. The molecule has 1 fully saturated rings. The van der Waals surface area contributed by atoms with Gasteiger partial charge in [0.15, 0.2) is 0 Å². The molecule has 0 aromatic heterocycles. The Hall–Kier alpha value is -1.81. The van der Waals surface area contributed by atoms with Crippen molar-refractivity contribution in [2.75, 3.05) is 26.2 Å². The molecule has 3 rings (SSSR count). The van der Waals surface area contributed by atoms with Crippen molar-refractivity contribution in [1.82, 2.24) is 9.80 Å². The first kappa shape index (κ1) is 16.1. The summed E-state index contributed by atoms with van der Waals surface area (Å²) in [5, 5.41) is 0.477. The van der Waals surface area contributed by atoms with E-state index in [2.05, 4.69) is 12.2 Å². The van der Waals surface area contributed by atoms with Crippen LogP contribution >= 0.6 is 11.6 Å². The lowest BCUT2D eigenvalue weighted by atomic mass is 9.93. The maximum absolute atomic E-state index is 12.5. The molecule has 1 saturated heterocycles. The highest BCUT2D eigenvalue weighted by molar-refractivity contribution is 6.33. The highest BCUT2D eigenvalue weighted by Gasteiger charge is 2.29. The summed E-state index contributed by atoms with van der Waals surface area (Å²) in [7, 11) is 0. The van der Waals surface area contributed by atoms with E-state index in [-0.39, 0.29) is 17.7 Å². The zero-order valence-corrected chi connectivity index (χ0v) is 13.8. The van der Waals surface area contributed by atoms with Crippen LogP contribution in [0.15, 0.2) is 36.4 Å². The molecule has 0 spiro atoms. The minimum absolute atomic E-state index is 0.0525. The minimum atomic E-state index is -0.0525. The van der Waals surface area contributed by atoms with Crippen LogP contribution in [0, 0.1) is 5.92 Å². The van der Waals surface area contributed by atoms with Crippen molar-refractivity contribution in [2.45, 2.75) is 19.3 Å². The molecule has 1 aromatic carbocycles. The molecule has 2 aliphatic rings. The van der Waals surface area contributed by atoms with Crippen molar-refractivity contribution < 1.29 is 9.59 Å². The Kier molecular flexibility index (Phi) is 5.01. The highest BCUT2D eigenvalue weighted by Crippen LogP contribution is 2.22. The van der Waals surface area contributed by atoms with Gasteiger partial charge in [-0.3, -0.25) is 9.59 Å². The predicted molar refractivity (Wildman–Crippen MR) is 90.4 cm³/mol. The van der Waals surface area contributed by atoms with Crippen molar-refractivity contribution in [2.24, 2.45) is 5.92 Å². The van der Waals surface area contributed by atoms with E-state index in [1.54, 1.807) is 17.0 Å². The van der Waals surface area contributed by atoms with Gasteiger partial charge in [0.1, 0.15) is 0 Å². The molecule has 5 heteroatoms. The van der Waals surface area contributed by atoms with Gasteiger partial charge in [0, 0.05) is 32.1 Å². The topological polar surface area (TPSA) is 40.6 Å². The summed E-state index contributed by atoms with van der Waals surface area (Å²) >= 11 is 6.10. The fraction of sp³-hybridized carbons (Fsp3) is 0.444. The normalized spacial score (nSPS) is 21.3. The average molecular weight is 333 g/mol. The van der Waals surface area contributed by atoms with Gasteiger partial charge in [0.25, 0.3) is 5.91 Å². The van der Waals surface area contributed by atoms with Crippen molar-refractivity contribution in [3.8, 4) is 0 Å². The van der Waals surface area contributed by atoms with Crippen LogP contribution in [-0.4, -0.2) is 47.8 Å². The smallest absolute Gasteiger partial charge is 0.255 e. The van der Waals surface area contributed by atoms with Gasteiger partial charge in [-0.1, -0.05) is 35.9 Å². The number of benzene rings is 1. The number of carbonyl (C=O) groups excluding carboxylic acids is 2. The number of allylic oxidation sites excluding steroid dienone is 2. The van der Waals surface area contributed by atoms with Crippen LogP contribution in [0.4, 0.5) is 0 Å². The van der Waals surface area contributed by atoms with Crippen LogP contribution < -0.4 is 0 Å². The van der Waals surface area contributed by atoms with Crippen LogP contribution in [0.1, 0.15) is 29.6 Å². The molecule has 2 amide bonds. The third-order valence-electron chi connectivity index (χ3n) is 4.60. The van der Waals surface area contributed by atoms with E-state index < -0.39 is 0 Å². The molecule has 4 nitrogen and oxygen atoms in total. The lowest BCUT2D eigenvalue weighted by Crippen LogP contribution is -2.52. The Morgan fingerprint density at radius 1 is 1.00 bits per heavy atom. The quantitative estimate of drug-likeness (QED) is 0.781. The van der Waals surface area contributed by atoms with Crippen LogP contribution in [0.2, 0.25) is 5.02 Å². The van der Waals surface area contributed by atoms with Gasteiger partial charge in [-0.15, -0.1) is 0 Å². The van der Waals surface area contributed by atoms with Crippen molar-refractivity contribution in [3.63, 3.8) is 0 Å². The molecule has 0 N–H and O–H groups in total. The molecule has 1 aliphatic heterocycles. The number of halogens is 1. The number of rotatable bonds is 2. The van der Waals surface area contributed by atoms with Gasteiger partial charge < -0.3 is 9.80 Å². The second-order valence-electron chi connectivity index (χ2n) is 6.08. The molecule has 1 aromatic rings. The molecule has 1 aliphatic carbocycles. The molecular weight excluding hydrogens is 312 g/mol.